The Balaban J connectivity index is 2.30. The molecule has 0 aliphatic heterocycles. The molecule has 0 bridgehead atoms. The molecule has 1 unspecified atom stereocenters. The molecule has 3 heteroatoms. The van der Waals surface area contributed by atoms with E-state index in [1.165, 1.54) is 23.5 Å². The van der Waals surface area contributed by atoms with Crippen LogP contribution >= 0.6 is 11.8 Å². The van der Waals surface area contributed by atoms with E-state index in [0.717, 1.165) is 25.3 Å². The Hall–Kier alpha value is -0.670. The molecule has 1 aromatic rings. The van der Waals surface area contributed by atoms with Gasteiger partial charge in [-0.05, 0) is 55.5 Å². The van der Waals surface area contributed by atoms with Crippen molar-refractivity contribution >= 4 is 11.8 Å². The summed E-state index contributed by atoms with van der Waals surface area (Å²) in [5, 5.41) is 3.49. The monoisotopic (exact) mass is 281 g/mol. The smallest absolute Gasteiger partial charge is 0.119 e. The summed E-state index contributed by atoms with van der Waals surface area (Å²) in [5.74, 6) is 3.36. The second kappa shape index (κ2) is 10.2. The number of ether oxygens (including phenoxy) is 1. The maximum Gasteiger partial charge on any atom is 0.119 e. The van der Waals surface area contributed by atoms with E-state index < -0.39 is 0 Å². The topological polar surface area (TPSA) is 21.3 Å². The summed E-state index contributed by atoms with van der Waals surface area (Å²) in [7, 11) is 0. The number of rotatable bonds is 10. The average molecular weight is 281 g/mol. The van der Waals surface area contributed by atoms with Crippen LogP contribution in [0.4, 0.5) is 0 Å². The van der Waals surface area contributed by atoms with Crippen LogP contribution in [0.2, 0.25) is 0 Å². The second-order valence-electron chi connectivity index (χ2n) is 4.64. The molecule has 0 aliphatic carbocycles. The van der Waals surface area contributed by atoms with E-state index in [4.69, 9.17) is 4.74 Å². The third kappa shape index (κ3) is 6.88. The predicted molar refractivity (Wildman–Crippen MR) is 86.3 cm³/mol. The van der Waals surface area contributed by atoms with Crippen LogP contribution in [0.15, 0.2) is 24.3 Å². The minimum absolute atomic E-state index is 0.412. The number of thioether (sulfide) groups is 1. The van der Waals surface area contributed by atoms with Gasteiger partial charge in [0, 0.05) is 6.04 Å². The predicted octanol–water partition coefficient (Wildman–Crippen LogP) is 4.27. The summed E-state index contributed by atoms with van der Waals surface area (Å²) >= 11 is 1.97. The summed E-state index contributed by atoms with van der Waals surface area (Å²) in [6.07, 6.45) is 2.29. The number of hydrogen-bond donors (Lipinski definition) is 1. The van der Waals surface area contributed by atoms with Crippen molar-refractivity contribution in [1.29, 1.82) is 0 Å². The zero-order valence-electron chi connectivity index (χ0n) is 12.4. The lowest BCUT2D eigenvalue weighted by atomic mass is 10.1. The van der Waals surface area contributed by atoms with Crippen LogP contribution in [-0.4, -0.2) is 24.7 Å². The maximum absolute atomic E-state index is 5.73. The molecule has 1 N–H and O–H groups in total. The van der Waals surface area contributed by atoms with Crippen molar-refractivity contribution in [2.45, 2.75) is 39.7 Å². The van der Waals surface area contributed by atoms with Crippen molar-refractivity contribution in [1.82, 2.24) is 5.32 Å². The van der Waals surface area contributed by atoms with Crippen molar-refractivity contribution in [3.63, 3.8) is 0 Å². The molecule has 108 valence electrons. The van der Waals surface area contributed by atoms with E-state index >= 15 is 0 Å². The van der Waals surface area contributed by atoms with Gasteiger partial charge in [-0.2, -0.15) is 11.8 Å². The standard InChI is InChI=1S/C16H27NOS/c1-4-11-17-14(3)15-7-9-16(10-8-15)18-12-6-13-19-5-2/h7-10,14,17H,4-6,11-13H2,1-3H3. The van der Waals surface area contributed by atoms with Crippen molar-refractivity contribution in [2.24, 2.45) is 0 Å². The van der Waals surface area contributed by atoms with Gasteiger partial charge in [0.25, 0.3) is 0 Å². The first-order valence-corrected chi connectivity index (χ1v) is 8.47. The molecule has 0 aromatic heterocycles. The van der Waals surface area contributed by atoms with Gasteiger partial charge in [-0.25, -0.2) is 0 Å². The van der Waals surface area contributed by atoms with E-state index in [-0.39, 0.29) is 0 Å². The highest BCUT2D eigenvalue weighted by Crippen LogP contribution is 2.17. The minimum Gasteiger partial charge on any atom is -0.494 e. The Labute approximate surface area is 122 Å². The number of benzene rings is 1. The molecule has 1 atom stereocenters. The van der Waals surface area contributed by atoms with Gasteiger partial charge in [-0.15, -0.1) is 0 Å². The Kier molecular flexibility index (Phi) is 8.76. The lowest BCUT2D eigenvalue weighted by molar-refractivity contribution is 0.318. The Morgan fingerprint density at radius 2 is 1.95 bits per heavy atom. The second-order valence-corrected chi connectivity index (χ2v) is 6.04. The fraction of sp³-hybridized carbons (Fsp3) is 0.625. The van der Waals surface area contributed by atoms with Gasteiger partial charge < -0.3 is 10.1 Å². The van der Waals surface area contributed by atoms with E-state index in [1.54, 1.807) is 0 Å². The van der Waals surface area contributed by atoms with E-state index in [0.29, 0.717) is 6.04 Å². The van der Waals surface area contributed by atoms with Crippen LogP contribution in [-0.2, 0) is 0 Å². The molecule has 2 nitrogen and oxygen atoms in total. The molecule has 0 saturated heterocycles. The average Bonchev–Trinajstić information content (AvgIpc) is 2.45. The molecule has 1 rings (SSSR count). The third-order valence-electron chi connectivity index (χ3n) is 2.99. The molecular formula is C16H27NOS. The lowest BCUT2D eigenvalue weighted by Gasteiger charge is -2.14. The normalized spacial score (nSPS) is 12.4. The Morgan fingerprint density at radius 1 is 1.21 bits per heavy atom. The van der Waals surface area contributed by atoms with Gasteiger partial charge in [0.05, 0.1) is 6.61 Å². The van der Waals surface area contributed by atoms with Crippen LogP contribution in [0.1, 0.15) is 45.2 Å². The van der Waals surface area contributed by atoms with Crippen molar-refractivity contribution in [3.8, 4) is 5.75 Å². The van der Waals surface area contributed by atoms with Gasteiger partial charge >= 0.3 is 0 Å². The highest BCUT2D eigenvalue weighted by molar-refractivity contribution is 7.99. The fourth-order valence-corrected chi connectivity index (χ4v) is 2.44. The van der Waals surface area contributed by atoms with Crippen molar-refractivity contribution in [2.75, 3.05) is 24.7 Å². The van der Waals surface area contributed by atoms with Gasteiger partial charge in [0.1, 0.15) is 5.75 Å². The van der Waals surface area contributed by atoms with Gasteiger partial charge in [0.15, 0.2) is 0 Å². The first-order valence-electron chi connectivity index (χ1n) is 7.31. The summed E-state index contributed by atoms with van der Waals surface area (Å²) in [5.41, 5.74) is 1.32. The molecule has 0 aliphatic rings. The Morgan fingerprint density at radius 3 is 2.58 bits per heavy atom. The van der Waals surface area contributed by atoms with Crippen LogP contribution < -0.4 is 10.1 Å². The fourth-order valence-electron chi connectivity index (χ4n) is 1.83. The summed E-state index contributed by atoms with van der Waals surface area (Å²) in [6, 6.07) is 8.88. The largest absolute Gasteiger partial charge is 0.494 e. The van der Waals surface area contributed by atoms with Crippen molar-refractivity contribution in [3.05, 3.63) is 29.8 Å². The van der Waals surface area contributed by atoms with Crippen LogP contribution in [0.25, 0.3) is 0 Å². The van der Waals surface area contributed by atoms with Crippen LogP contribution in [0, 0.1) is 0 Å². The van der Waals surface area contributed by atoms with Crippen LogP contribution in [0.5, 0.6) is 5.75 Å². The highest BCUT2D eigenvalue weighted by Gasteiger charge is 2.03. The number of nitrogens with one attached hydrogen (secondary N) is 1. The highest BCUT2D eigenvalue weighted by atomic mass is 32.2. The zero-order chi connectivity index (χ0) is 13.9. The van der Waals surface area contributed by atoms with Gasteiger partial charge in [-0.3, -0.25) is 0 Å². The summed E-state index contributed by atoms with van der Waals surface area (Å²) in [6.45, 7) is 8.46. The van der Waals surface area contributed by atoms with E-state index in [9.17, 15) is 0 Å². The SMILES string of the molecule is CCCNC(C)c1ccc(OCCCSCC)cc1. The summed E-state index contributed by atoms with van der Waals surface area (Å²) < 4.78 is 5.73. The minimum atomic E-state index is 0.412. The molecule has 0 saturated carbocycles. The van der Waals surface area contributed by atoms with Crippen molar-refractivity contribution < 1.29 is 4.74 Å². The van der Waals surface area contributed by atoms with Gasteiger partial charge in [0.2, 0.25) is 0 Å². The molecule has 19 heavy (non-hydrogen) atoms. The first-order chi connectivity index (χ1) is 9.27. The molecule has 0 amide bonds. The van der Waals surface area contributed by atoms with Crippen LogP contribution in [0.3, 0.4) is 0 Å². The molecule has 0 heterocycles. The maximum atomic E-state index is 5.73. The zero-order valence-corrected chi connectivity index (χ0v) is 13.3. The first kappa shape index (κ1) is 16.4. The molecule has 0 spiro atoms. The van der Waals surface area contributed by atoms with E-state index in [2.05, 4.69) is 50.4 Å². The third-order valence-corrected chi connectivity index (χ3v) is 3.97. The van der Waals surface area contributed by atoms with Gasteiger partial charge in [-0.1, -0.05) is 26.0 Å². The number of hydrogen-bond acceptors (Lipinski definition) is 3. The quantitative estimate of drug-likeness (QED) is 0.647. The molecule has 0 fully saturated rings. The molecule has 1 aromatic carbocycles. The van der Waals surface area contributed by atoms with E-state index in [1.807, 2.05) is 11.8 Å². The molecular weight excluding hydrogens is 254 g/mol. The Bertz CT molecular complexity index is 326. The lowest BCUT2D eigenvalue weighted by Crippen LogP contribution is -2.19. The summed E-state index contributed by atoms with van der Waals surface area (Å²) in [4.78, 5) is 0. The molecule has 0 radical (unpaired) electrons.